The van der Waals surface area contributed by atoms with E-state index in [9.17, 15) is 26.4 Å². The van der Waals surface area contributed by atoms with Crippen LogP contribution in [0.4, 0.5) is 13.2 Å². The maximum absolute atomic E-state index is 15.0. The molecule has 1 saturated carbocycles. The number of pyridine rings is 1. The van der Waals surface area contributed by atoms with Crippen molar-refractivity contribution >= 4 is 20.9 Å². The van der Waals surface area contributed by atoms with Gasteiger partial charge in [0.2, 0.25) is 0 Å². The van der Waals surface area contributed by atoms with Crippen LogP contribution in [-0.2, 0) is 35.2 Å². The van der Waals surface area contributed by atoms with E-state index in [1.54, 1.807) is 36.7 Å². The lowest BCUT2D eigenvalue weighted by Crippen LogP contribution is -2.40. The van der Waals surface area contributed by atoms with Gasteiger partial charge in [-0.25, -0.2) is 12.4 Å². The molecule has 13 heteroatoms. The summed E-state index contributed by atoms with van der Waals surface area (Å²) in [5, 5.41) is 8.01. The van der Waals surface area contributed by atoms with Crippen molar-refractivity contribution in [1.29, 1.82) is 0 Å². The number of hydrogen-bond acceptors (Lipinski definition) is 6. The highest BCUT2D eigenvalue weighted by Crippen LogP contribution is 2.51. The molecule has 0 bridgehead atoms. The Kier molecular flexibility index (Phi) is 8.41. The molecule has 2 fully saturated rings. The van der Waals surface area contributed by atoms with E-state index in [1.165, 1.54) is 23.8 Å². The zero-order valence-electron chi connectivity index (χ0n) is 28.4. The van der Waals surface area contributed by atoms with Crippen molar-refractivity contribution in [2.75, 3.05) is 13.1 Å². The molecule has 0 radical (unpaired) electrons. The standard InChI is InChI=1S/C37H39F3N6O3S/c1-5-26-18-36(19-26,35-42-41-23-43(35)4)27-9-6-10-28(16-27)45-22-32(37(38,39)40)31-17-29(21-44-15-7-8-25(3)20-44)46(33(31)34(45)47)50(48,49)30-13-11-24(2)12-14-30/h5-6,9-14,16-17,22-23,25H,7-8,15,18-21H2,1-4H3/t25-,36?/m0/s1. The Morgan fingerprint density at radius 1 is 1.08 bits per heavy atom. The van der Waals surface area contributed by atoms with Crippen molar-refractivity contribution in [3.8, 4) is 5.69 Å². The molecule has 1 saturated heterocycles. The molecular weight excluding hydrogens is 666 g/mol. The average Bonchev–Trinajstić information content (AvgIpc) is 3.65. The van der Waals surface area contributed by atoms with E-state index in [1.807, 2.05) is 42.5 Å². The Bertz CT molecular complexity index is 2290. The van der Waals surface area contributed by atoms with Gasteiger partial charge in [0.05, 0.1) is 15.9 Å². The van der Waals surface area contributed by atoms with Gasteiger partial charge < -0.3 is 4.57 Å². The number of benzene rings is 2. The van der Waals surface area contributed by atoms with Crippen molar-refractivity contribution in [2.45, 2.75) is 69.5 Å². The fourth-order valence-electron chi connectivity index (χ4n) is 7.69. The SMILES string of the molecule is CC=C1CC(c2cccc(-n3cc(C(F)(F)F)c4cc(CN5CCC[C@H](C)C5)n(S(=O)(=O)c5ccc(C)cc5)c4c3=O)c2)(c2nncn2C)C1. The molecule has 9 nitrogen and oxygen atoms in total. The van der Waals surface area contributed by atoms with Gasteiger partial charge in [-0.3, -0.25) is 14.3 Å². The van der Waals surface area contributed by atoms with E-state index in [0.29, 0.717) is 37.7 Å². The maximum Gasteiger partial charge on any atom is 0.418 e. The first-order chi connectivity index (χ1) is 23.7. The number of hydrogen-bond donors (Lipinski definition) is 0. The van der Waals surface area contributed by atoms with E-state index in [0.717, 1.165) is 38.7 Å². The summed E-state index contributed by atoms with van der Waals surface area (Å²) in [6.07, 6.45) is 2.72. The lowest BCUT2D eigenvalue weighted by molar-refractivity contribution is -0.136. The number of allylic oxidation sites excluding steroid dienone is 2. The number of halogens is 3. The fraction of sp³-hybridized carbons (Fsp3) is 0.378. The average molecular weight is 705 g/mol. The van der Waals surface area contributed by atoms with Crippen molar-refractivity contribution in [1.82, 2.24) is 28.2 Å². The minimum Gasteiger partial charge on any atom is -0.320 e. The predicted molar refractivity (Wildman–Crippen MR) is 185 cm³/mol. The topological polar surface area (TPSA) is 95.0 Å². The molecule has 262 valence electrons. The van der Waals surface area contributed by atoms with Gasteiger partial charge in [0.15, 0.2) is 0 Å². The zero-order chi connectivity index (χ0) is 35.6. The summed E-state index contributed by atoms with van der Waals surface area (Å²) in [5.74, 6) is 1.05. The van der Waals surface area contributed by atoms with Crippen molar-refractivity contribution in [3.05, 3.63) is 117 Å². The van der Waals surface area contributed by atoms with E-state index < -0.39 is 43.6 Å². The van der Waals surface area contributed by atoms with Gasteiger partial charge in [-0.2, -0.15) is 13.2 Å². The molecule has 2 aromatic carbocycles. The minimum absolute atomic E-state index is 0.0732. The third kappa shape index (κ3) is 5.69. The summed E-state index contributed by atoms with van der Waals surface area (Å²) >= 11 is 0. The third-order valence-electron chi connectivity index (χ3n) is 10.3. The first kappa shape index (κ1) is 34.0. The molecule has 0 N–H and O–H groups in total. The highest BCUT2D eigenvalue weighted by Gasteiger charge is 2.47. The molecule has 0 amide bonds. The highest BCUT2D eigenvalue weighted by molar-refractivity contribution is 7.90. The first-order valence-corrected chi connectivity index (χ1v) is 18.2. The van der Waals surface area contributed by atoms with Crippen LogP contribution in [0.25, 0.3) is 16.6 Å². The van der Waals surface area contributed by atoms with Gasteiger partial charge in [0.25, 0.3) is 15.6 Å². The highest BCUT2D eigenvalue weighted by atomic mass is 32.2. The molecular formula is C37H39F3N6O3S. The van der Waals surface area contributed by atoms with Crippen LogP contribution in [0.2, 0.25) is 0 Å². The van der Waals surface area contributed by atoms with Gasteiger partial charge in [-0.05, 0) is 87.9 Å². The molecule has 2 aliphatic rings. The lowest BCUT2D eigenvalue weighted by atomic mass is 9.61. The molecule has 4 heterocycles. The Morgan fingerprint density at radius 2 is 1.82 bits per heavy atom. The van der Waals surface area contributed by atoms with Crippen LogP contribution < -0.4 is 5.56 Å². The summed E-state index contributed by atoms with van der Waals surface area (Å²) in [4.78, 5) is 16.5. The Balaban J connectivity index is 1.48. The van der Waals surface area contributed by atoms with Crippen LogP contribution in [0, 0.1) is 12.8 Å². The number of nitrogens with zero attached hydrogens (tertiary/aromatic N) is 6. The summed E-state index contributed by atoms with van der Waals surface area (Å²) in [6.45, 7) is 7.27. The number of fused-ring (bicyclic) bond motifs is 1. The monoisotopic (exact) mass is 704 g/mol. The molecule has 5 aromatic rings. The fourth-order valence-corrected chi connectivity index (χ4v) is 9.22. The third-order valence-corrected chi connectivity index (χ3v) is 12.0. The van der Waals surface area contributed by atoms with Gasteiger partial charge in [0, 0.05) is 43.1 Å². The second-order valence-electron chi connectivity index (χ2n) is 13.9. The molecule has 0 spiro atoms. The second-order valence-corrected chi connectivity index (χ2v) is 15.7. The zero-order valence-corrected chi connectivity index (χ0v) is 29.2. The van der Waals surface area contributed by atoms with Crippen LogP contribution in [0.15, 0.2) is 88.5 Å². The molecule has 1 atom stereocenters. The summed E-state index contributed by atoms with van der Waals surface area (Å²) in [5.41, 5.74) is -0.0175. The Labute approximate surface area is 288 Å². The maximum atomic E-state index is 15.0. The second kappa shape index (κ2) is 12.4. The minimum atomic E-state index is -4.89. The number of likely N-dealkylation sites (tertiary alicyclic amines) is 1. The quantitative estimate of drug-likeness (QED) is 0.174. The summed E-state index contributed by atoms with van der Waals surface area (Å²) < 4.78 is 77.5. The molecule has 7 rings (SSSR count). The number of piperidine rings is 1. The largest absolute Gasteiger partial charge is 0.418 e. The van der Waals surface area contributed by atoms with E-state index in [2.05, 4.69) is 17.1 Å². The van der Waals surface area contributed by atoms with Gasteiger partial charge >= 0.3 is 6.18 Å². The number of alkyl halides is 3. The molecule has 3 aromatic heterocycles. The van der Waals surface area contributed by atoms with Crippen LogP contribution >= 0.6 is 0 Å². The first-order valence-electron chi connectivity index (χ1n) is 16.7. The predicted octanol–water partition coefficient (Wildman–Crippen LogP) is 6.74. The van der Waals surface area contributed by atoms with E-state index >= 15 is 0 Å². The van der Waals surface area contributed by atoms with Crippen molar-refractivity contribution in [2.24, 2.45) is 13.0 Å². The van der Waals surface area contributed by atoms with Crippen molar-refractivity contribution in [3.63, 3.8) is 0 Å². The molecule has 50 heavy (non-hydrogen) atoms. The van der Waals surface area contributed by atoms with E-state index in [4.69, 9.17) is 0 Å². The molecule has 1 aliphatic heterocycles. The summed E-state index contributed by atoms with van der Waals surface area (Å²) in [6, 6.07) is 14.2. The lowest BCUT2D eigenvalue weighted by Gasteiger charge is -2.43. The van der Waals surface area contributed by atoms with Gasteiger partial charge in [-0.1, -0.05) is 48.4 Å². The van der Waals surface area contributed by atoms with Crippen LogP contribution in [0.1, 0.15) is 67.7 Å². The van der Waals surface area contributed by atoms with Gasteiger partial charge in [0.1, 0.15) is 17.7 Å². The smallest absolute Gasteiger partial charge is 0.320 e. The number of rotatable bonds is 7. The van der Waals surface area contributed by atoms with Crippen LogP contribution in [0.3, 0.4) is 0 Å². The van der Waals surface area contributed by atoms with E-state index in [-0.39, 0.29) is 22.8 Å². The summed E-state index contributed by atoms with van der Waals surface area (Å²) in [7, 11) is -2.66. The van der Waals surface area contributed by atoms with Gasteiger partial charge in [-0.15, -0.1) is 10.2 Å². The Morgan fingerprint density at radius 3 is 2.46 bits per heavy atom. The normalized spacial score (nSPS) is 20.3. The van der Waals surface area contributed by atoms with Crippen LogP contribution in [0.5, 0.6) is 0 Å². The number of aryl methyl sites for hydroxylation is 2. The van der Waals surface area contributed by atoms with Crippen molar-refractivity contribution < 1.29 is 21.6 Å². The Hall–Kier alpha value is -4.49. The number of aromatic nitrogens is 5. The van der Waals surface area contributed by atoms with Crippen LogP contribution in [-0.4, -0.2) is 49.7 Å². The molecule has 0 unspecified atom stereocenters. The molecule has 1 aliphatic carbocycles.